The van der Waals surface area contributed by atoms with Gasteiger partial charge in [-0.3, -0.25) is 9.78 Å². The van der Waals surface area contributed by atoms with Crippen LogP contribution in [-0.4, -0.2) is 54.2 Å². The van der Waals surface area contributed by atoms with Gasteiger partial charge in [0.1, 0.15) is 0 Å². The zero-order valence-corrected chi connectivity index (χ0v) is 20.3. The van der Waals surface area contributed by atoms with Crippen LogP contribution in [0.2, 0.25) is 0 Å². The molecule has 4 rings (SSSR count). The van der Waals surface area contributed by atoms with E-state index < -0.39 is 11.7 Å². The number of aromatic nitrogens is 1. The van der Waals surface area contributed by atoms with Crippen LogP contribution in [0, 0.1) is 17.3 Å². The summed E-state index contributed by atoms with van der Waals surface area (Å²) in [4.78, 5) is 19.7. The minimum Gasteiger partial charge on any atom is -0.381 e. The van der Waals surface area contributed by atoms with Crippen molar-refractivity contribution in [2.24, 2.45) is 17.3 Å². The predicted molar refractivity (Wildman–Crippen MR) is 125 cm³/mol. The molecule has 0 spiro atoms. The molecule has 2 aliphatic heterocycles. The van der Waals surface area contributed by atoms with E-state index in [1.54, 1.807) is 0 Å². The molecule has 8 heteroatoms. The second kappa shape index (κ2) is 9.97. The van der Waals surface area contributed by atoms with Crippen LogP contribution >= 0.6 is 0 Å². The van der Waals surface area contributed by atoms with Crippen molar-refractivity contribution in [3.8, 4) is 0 Å². The van der Waals surface area contributed by atoms with Crippen molar-refractivity contribution < 1.29 is 22.7 Å². The molecule has 3 heterocycles. The molecule has 1 N–H and O–H groups in total. The molecule has 3 aliphatic rings. The molecule has 1 saturated carbocycles. The summed E-state index contributed by atoms with van der Waals surface area (Å²) in [7, 11) is 0. The van der Waals surface area contributed by atoms with Gasteiger partial charge in [0.25, 0.3) is 0 Å². The number of hydrogen-bond donors (Lipinski definition) is 1. The van der Waals surface area contributed by atoms with Crippen molar-refractivity contribution >= 4 is 11.5 Å². The highest BCUT2D eigenvalue weighted by molar-refractivity contribution is 5.84. The third-order valence-corrected chi connectivity index (χ3v) is 8.09. The van der Waals surface area contributed by atoms with Gasteiger partial charge in [-0.15, -0.1) is 0 Å². The average Bonchev–Trinajstić information content (AvgIpc) is 3.25. The number of pyridine rings is 1. The standard InChI is InChI=1S/C26H36F3N3O2/c1-17(2)25(10-6-21(14-25)31-22-9-13-34-16-18(22)3)24(33)32-11-7-19(8-12-32)23-5-4-20(15-30-23)26(27,28)29/h4-5,7,15,17-18,21-22,31H,6,8-14,16H2,1-3H3/t18?,21-,22?,25+/m1/s1. The van der Waals surface area contributed by atoms with E-state index in [0.29, 0.717) is 43.2 Å². The van der Waals surface area contributed by atoms with Crippen molar-refractivity contribution in [1.82, 2.24) is 15.2 Å². The van der Waals surface area contributed by atoms with Crippen molar-refractivity contribution in [2.75, 3.05) is 26.3 Å². The van der Waals surface area contributed by atoms with E-state index in [0.717, 1.165) is 56.7 Å². The molecule has 4 atom stereocenters. The summed E-state index contributed by atoms with van der Waals surface area (Å²) in [6, 6.07) is 3.27. The molecule has 0 radical (unpaired) electrons. The number of rotatable bonds is 5. The van der Waals surface area contributed by atoms with Crippen LogP contribution in [0.1, 0.15) is 64.1 Å². The highest BCUT2D eigenvalue weighted by Crippen LogP contribution is 2.46. The quantitative estimate of drug-likeness (QED) is 0.651. The van der Waals surface area contributed by atoms with E-state index in [2.05, 4.69) is 31.1 Å². The van der Waals surface area contributed by atoms with Gasteiger partial charge in [0.2, 0.25) is 5.91 Å². The lowest BCUT2D eigenvalue weighted by atomic mass is 9.74. The summed E-state index contributed by atoms with van der Waals surface area (Å²) < 4.78 is 44.0. The lowest BCUT2D eigenvalue weighted by Gasteiger charge is -2.39. The van der Waals surface area contributed by atoms with Gasteiger partial charge in [0.15, 0.2) is 0 Å². The first-order valence-electron chi connectivity index (χ1n) is 12.5. The van der Waals surface area contributed by atoms with E-state index in [1.165, 1.54) is 6.07 Å². The number of hydrogen-bond acceptors (Lipinski definition) is 4. The Morgan fingerprint density at radius 3 is 2.68 bits per heavy atom. The van der Waals surface area contributed by atoms with Gasteiger partial charge in [-0.25, -0.2) is 0 Å². The number of alkyl halides is 3. The van der Waals surface area contributed by atoms with Gasteiger partial charge < -0.3 is 15.0 Å². The number of ether oxygens (including phenoxy) is 1. The summed E-state index contributed by atoms with van der Waals surface area (Å²) in [6.45, 7) is 9.13. The fraction of sp³-hybridized carbons (Fsp3) is 0.692. The number of amides is 1. The van der Waals surface area contributed by atoms with Crippen molar-refractivity contribution in [1.29, 1.82) is 0 Å². The van der Waals surface area contributed by atoms with Crippen LogP contribution in [0.25, 0.3) is 5.57 Å². The number of carbonyl (C=O) groups excluding carboxylic acids is 1. The topological polar surface area (TPSA) is 54.5 Å². The van der Waals surface area contributed by atoms with Crippen LogP contribution in [0.5, 0.6) is 0 Å². The van der Waals surface area contributed by atoms with Crippen LogP contribution in [0.3, 0.4) is 0 Å². The first-order chi connectivity index (χ1) is 16.1. The van der Waals surface area contributed by atoms with Gasteiger partial charge in [-0.2, -0.15) is 13.2 Å². The van der Waals surface area contributed by atoms with E-state index >= 15 is 0 Å². The lowest BCUT2D eigenvalue weighted by molar-refractivity contribution is -0.144. The van der Waals surface area contributed by atoms with Gasteiger partial charge in [0.05, 0.1) is 23.3 Å². The summed E-state index contributed by atoms with van der Waals surface area (Å²) >= 11 is 0. The minimum atomic E-state index is -4.39. The molecule has 1 aromatic heterocycles. The van der Waals surface area contributed by atoms with Crippen molar-refractivity contribution in [3.63, 3.8) is 0 Å². The van der Waals surface area contributed by atoms with Gasteiger partial charge in [-0.05, 0) is 61.6 Å². The molecule has 0 aromatic carbocycles. The second-order valence-corrected chi connectivity index (χ2v) is 10.5. The third-order valence-electron chi connectivity index (χ3n) is 8.09. The van der Waals surface area contributed by atoms with Crippen LogP contribution in [0.15, 0.2) is 24.4 Å². The molecule has 1 saturated heterocycles. The first kappa shape index (κ1) is 25.2. The number of halogens is 3. The molecule has 1 aromatic rings. The van der Waals surface area contributed by atoms with Crippen molar-refractivity contribution in [2.45, 2.75) is 71.1 Å². The maximum atomic E-state index is 13.8. The second-order valence-electron chi connectivity index (χ2n) is 10.5. The molecule has 188 valence electrons. The average molecular weight is 480 g/mol. The summed E-state index contributed by atoms with van der Waals surface area (Å²) in [5.41, 5.74) is 0.331. The Labute approximate surface area is 200 Å². The highest BCUT2D eigenvalue weighted by Gasteiger charge is 2.49. The van der Waals surface area contributed by atoms with E-state index in [4.69, 9.17) is 4.74 Å². The number of carbonyl (C=O) groups is 1. The molecular formula is C26H36F3N3O2. The molecule has 1 aliphatic carbocycles. The summed E-state index contributed by atoms with van der Waals surface area (Å²) in [6.07, 6.45) is 2.77. The molecule has 1 amide bonds. The zero-order valence-electron chi connectivity index (χ0n) is 20.3. The van der Waals surface area contributed by atoms with Crippen LogP contribution < -0.4 is 5.32 Å². The molecular weight excluding hydrogens is 443 g/mol. The Balaban J connectivity index is 1.41. The smallest absolute Gasteiger partial charge is 0.381 e. The fourth-order valence-electron chi connectivity index (χ4n) is 5.77. The Bertz CT molecular complexity index is 900. The fourth-order valence-corrected chi connectivity index (χ4v) is 5.77. The maximum absolute atomic E-state index is 13.8. The summed E-state index contributed by atoms with van der Waals surface area (Å²) in [5.74, 6) is 0.923. The Kier molecular flexibility index (Phi) is 7.38. The predicted octanol–water partition coefficient (Wildman–Crippen LogP) is 4.93. The number of nitrogens with one attached hydrogen (secondary N) is 1. The summed E-state index contributed by atoms with van der Waals surface area (Å²) in [5, 5.41) is 3.83. The molecule has 0 bridgehead atoms. The van der Waals surface area contributed by atoms with E-state index in [9.17, 15) is 18.0 Å². The minimum absolute atomic E-state index is 0.211. The van der Waals surface area contributed by atoms with Gasteiger partial charge in [-0.1, -0.05) is 26.8 Å². The maximum Gasteiger partial charge on any atom is 0.417 e. The van der Waals surface area contributed by atoms with Crippen molar-refractivity contribution in [3.05, 3.63) is 35.7 Å². The Morgan fingerprint density at radius 1 is 1.29 bits per heavy atom. The van der Waals surface area contributed by atoms with E-state index in [1.807, 2.05) is 11.0 Å². The first-order valence-corrected chi connectivity index (χ1v) is 12.5. The molecule has 5 nitrogen and oxygen atoms in total. The zero-order chi connectivity index (χ0) is 24.5. The van der Waals surface area contributed by atoms with Gasteiger partial charge >= 0.3 is 6.18 Å². The van der Waals surface area contributed by atoms with Crippen LogP contribution in [-0.2, 0) is 15.7 Å². The molecule has 2 unspecified atom stereocenters. The lowest BCUT2D eigenvalue weighted by Crippen LogP contribution is -2.49. The monoisotopic (exact) mass is 479 g/mol. The molecule has 34 heavy (non-hydrogen) atoms. The largest absolute Gasteiger partial charge is 0.417 e. The Morgan fingerprint density at radius 2 is 2.09 bits per heavy atom. The highest BCUT2D eigenvalue weighted by atomic mass is 19.4. The van der Waals surface area contributed by atoms with E-state index in [-0.39, 0.29) is 17.2 Å². The number of nitrogens with zero attached hydrogens (tertiary/aromatic N) is 2. The normalized spacial score (nSPS) is 30.5. The third kappa shape index (κ3) is 5.18. The Hall–Kier alpha value is -1.93. The van der Waals surface area contributed by atoms with Crippen LogP contribution in [0.4, 0.5) is 13.2 Å². The molecule has 2 fully saturated rings. The SMILES string of the molecule is CC1COCCC1N[C@@H]1CC[C@@](C(=O)N2CC=C(c3ccc(C(F)(F)F)cn3)CC2)(C(C)C)C1. The van der Waals surface area contributed by atoms with Gasteiger partial charge in [0, 0.05) is 38.0 Å².